The molecule has 0 bridgehead atoms. The molecule has 2 aromatic rings. The Bertz CT molecular complexity index is 1220. The third-order valence-electron chi connectivity index (χ3n) is 7.50. The van der Waals surface area contributed by atoms with Crippen molar-refractivity contribution in [2.24, 2.45) is 5.92 Å². The second kappa shape index (κ2) is 25.8. The summed E-state index contributed by atoms with van der Waals surface area (Å²) in [5.74, 6) is 0.835. The number of piperazine rings is 1. The van der Waals surface area contributed by atoms with Crippen LogP contribution in [0.4, 0.5) is 8.78 Å². The number of rotatable bonds is 9. The lowest BCUT2D eigenvalue weighted by atomic mass is 9.93. The molecule has 1 fully saturated rings. The van der Waals surface area contributed by atoms with Gasteiger partial charge in [-0.15, -0.1) is 0 Å². The fourth-order valence-electron chi connectivity index (χ4n) is 4.73. The maximum atomic E-state index is 13.2. The van der Waals surface area contributed by atoms with Gasteiger partial charge in [-0.3, -0.25) is 9.80 Å². The summed E-state index contributed by atoms with van der Waals surface area (Å²) in [6.45, 7) is 26.1. The average molecular weight is 693 g/mol. The molecule has 1 aliphatic rings. The Balaban J connectivity index is 0. The summed E-state index contributed by atoms with van der Waals surface area (Å²) in [6.07, 6.45) is 2.73. The fraction of sp³-hybridized carbons (Fsp3) is 0.600. The normalized spacial score (nSPS) is 14.7. The third-order valence-corrected chi connectivity index (χ3v) is 7.50. The highest BCUT2D eigenvalue weighted by atomic mass is 19.3. The minimum Gasteiger partial charge on any atom is -0.496 e. The molecule has 0 N–H and O–H groups in total. The van der Waals surface area contributed by atoms with Crippen molar-refractivity contribution in [3.05, 3.63) is 69.8 Å². The maximum Gasteiger partial charge on any atom is 0.337 e. The number of hydrogen-bond donors (Lipinski definition) is 0. The Morgan fingerprint density at radius 2 is 1.53 bits per heavy atom. The molecule has 1 saturated heterocycles. The van der Waals surface area contributed by atoms with Gasteiger partial charge in [-0.25, -0.2) is 13.6 Å². The van der Waals surface area contributed by atoms with E-state index in [-0.39, 0.29) is 18.2 Å². The van der Waals surface area contributed by atoms with Crippen molar-refractivity contribution in [1.82, 2.24) is 9.80 Å². The number of hydrogen-bond acceptors (Lipinski definition) is 7. The van der Waals surface area contributed by atoms with Crippen LogP contribution >= 0.6 is 0 Å². The molecule has 2 aromatic carbocycles. The summed E-state index contributed by atoms with van der Waals surface area (Å²) in [4.78, 5) is 24.9. The predicted octanol–water partition coefficient (Wildman–Crippen LogP) is 9.58. The Morgan fingerprint density at radius 1 is 1.00 bits per heavy atom. The molecule has 0 aromatic heterocycles. The summed E-state index contributed by atoms with van der Waals surface area (Å²) >= 11 is 0. The van der Waals surface area contributed by atoms with Crippen LogP contribution in [0.1, 0.15) is 113 Å². The van der Waals surface area contributed by atoms with Gasteiger partial charge in [-0.05, 0) is 87.9 Å². The van der Waals surface area contributed by atoms with E-state index in [4.69, 9.17) is 19.0 Å². The molecule has 0 spiro atoms. The van der Waals surface area contributed by atoms with Crippen LogP contribution in [0.3, 0.4) is 0 Å². The van der Waals surface area contributed by atoms with Gasteiger partial charge in [0.15, 0.2) is 0 Å². The minimum atomic E-state index is -2.38. The van der Waals surface area contributed by atoms with Crippen LogP contribution in [0, 0.1) is 19.8 Å². The van der Waals surface area contributed by atoms with Crippen molar-refractivity contribution in [1.29, 1.82) is 0 Å². The van der Waals surface area contributed by atoms with Crippen LogP contribution in [0.25, 0.3) is 6.08 Å². The Labute approximate surface area is 297 Å². The van der Waals surface area contributed by atoms with Gasteiger partial charge >= 0.3 is 5.97 Å². The molecular formula is C40H66F2N2O5. The Kier molecular flexibility index (Phi) is 25.2. The molecule has 0 radical (unpaired) electrons. The molecule has 3 rings (SSSR count). The summed E-state index contributed by atoms with van der Waals surface area (Å²) in [7, 11) is 4.75. The van der Waals surface area contributed by atoms with E-state index >= 15 is 0 Å². The van der Waals surface area contributed by atoms with Crippen molar-refractivity contribution in [2.75, 3.05) is 47.5 Å². The van der Waals surface area contributed by atoms with Crippen molar-refractivity contribution in [3.63, 3.8) is 0 Å². The summed E-state index contributed by atoms with van der Waals surface area (Å²) in [6, 6.07) is 9.22. The van der Waals surface area contributed by atoms with Crippen LogP contribution in [0.5, 0.6) is 5.75 Å². The zero-order valence-corrected chi connectivity index (χ0v) is 33.1. The van der Waals surface area contributed by atoms with Crippen LogP contribution in [-0.4, -0.2) is 81.6 Å². The lowest BCUT2D eigenvalue weighted by Gasteiger charge is -2.42. The number of ether oxygens (including phenoxy) is 3. The van der Waals surface area contributed by atoms with E-state index in [0.29, 0.717) is 37.7 Å². The molecule has 0 aliphatic carbocycles. The number of benzene rings is 2. The summed E-state index contributed by atoms with van der Waals surface area (Å²) < 4.78 is 42.0. The number of alkyl halides is 2. The Hall–Kier alpha value is -3.14. The predicted molar refractivity (Wildman–Crippen MR) is 201 cm³/mol. The highest BCUT2D eigenvalue weighted by Crippen LogP contribution is 2.35. The molecule has 1 unspecified atom stereocenters. The number of allylic oxidation sites excluding steroid dienone is 1. The molecule has 0 amide bonds. The van der Waals surface area contributed by atoms with E-state index in [1.165, 1.54) is 19.6 Å². The maximum absolute atomic E-state index is 13.2. The zero-order valence-electron chi connectivity index (χ0n) is 33.1. The van der Waals surface area contributed by atoms with Crippen molar-refractivity contribution < 1.29 is 32.6 Å². The van der Waals surface area contributed by atoms with E-state index < -0.39 is 12.4 Å². The van der Waals surface area contributed by atoms with Gasteiger partial charge in [0.25, 0.3) is 6.43 Å². The first kappa shape index (κ1) is 48.0. The molecule has 280 valence electrons. The molecule has 49 heavy (non-hydrogen) atoms. The first-order valence-corrected chi connectivity index (χ1v) is 17.3. The minimum absolute atomic E-state index is 0.0417. The molecule has 0 saturated carbocycles. The molecule has 1 atom stereocenters. The largest absolute Gasteiger partial charge is 0.496 e. The van der Waals surface area contributed by atoms with Crippen LogP contribution in [-0.2, 0) is 20.8 Å². The van der Waals surface area contributed by atoms with Crippen LogP contribution in [0.2, 0.25) is 0 Å². The van der Waals surface area contributed by atoms with E-state index in [2.05, 4.69) is 50.8 Å². The monoisotopic (exact) mass is 692 g/mol. The number of nitrogens with zero attached hydrogens (tertiary/aromatic N) is 2. The van der Waals surface area contributed by atoms with Crippen LogP contribution in [0.15, 0.2) is 36.4 Å². The van der Waals surface area contributed by atoms with E-state index in [0.717, 1.165) is 34.3 Å². The average Bonchev–Trinajstić information content (AvgIpc) is 3.08. The molecule has 1 aliphatic heterocycles. The van der Waals surface area contributed by atoms with Crippen LogP contribution < -0.4 is 4.74 Å². The second-order valence-corrected chi connectivity index (χ2v) is 12.3. The van der Waals surface area contributed by atoms with Gasteiger partial charge in [-0.1, -0.05) is 65.8 Å². The highest BCUT2D eigenvalue weighted by molar-refractivity contribution is 5.89. The fourth-order valence-corrected chi connectivity index (χ4v) is 4.73. The molecule has 9 heteroatoms. The first-order valence-electron chi connectivity index (χ1n) is 17.3. The number of methoxy groups -OCH3 is 3. The topological polar surface area (TPSA) is 68.3 Å². The third kappa shape index (κ3) is 17.9. The first-order chi connectivity index (χ1) is 23.1. The quantitative estimate of drug-likeness (QED) is 0.192. The number of aryl methyl sites for hydroxylation is 1. The lowest BCUT2D eigenvalue weighted by molar-refractivity contribution is -0.106. The van der Waals surface area contributed by atoms with E-state index in [1.807, 2.05) is 65.5 Å². The van der Waals surface area contributed by atoms with Gasteiger partial charge in [0.05, 0.1) is 31.9 Å². The molecule has 1 heterocycles. The zero-order chi connectivity index (χ0) is 38.3. The van der Waals surface area contributed by atoms with Gasteiger partial charge in [0, 0.05) is 44.9 Å². The lowest BCUT2D eigenvalue weighted by Crippen LogP contribution is -2.49. The SMILES string of the molecule is CC.CC.CC=O.COC(=O)c1ccc(C2CN(CC(F)F)CCN2Cc2c(OC)cc(C)c(C)c2/C=C\C(C)C)cc1.COC(C)(C)C. The number of halogens is 2. The number of aldehydes is 1. The van der Waals surface area contributed by atoms with Gasteiger partial charge in [0.2, 0.25) is 0 Å². The molecular weight excluding hydrogens is 626 g/mol. The Morgan fingerprint density at radius 3 is 1.96 bits per heavy atom. The second-order valence-electron chi connectivity index (χ2n) is 12.3. The van der Waals surface area contributed by atoms with Gasteiger partial charge in [-0.2, -0.15) is 0 Å². The number of esters is 1. The summed E-state index contributed by atoms with van der Waals surface area (Å²) in [5.41, 5.74) is 6.09. The van der Waals surface area contributed by atoms with E-state index in [9.17, 15) is 13.6 Å². The van der Waals surface area contributed by atoms with E-state index in [1.54, 1.807) is 26.4 Å². The number of carbonyl (C=O) groups excluding carboxylic acids is 2. The van der Waals surface area contributed by atoms with Gasteiger partial charge in [0.1, 0.15) is 12.0 Å². The van der Waals surface area contributed by atoms with Gasteiger partial charge < -0.3 is 19.0 Å². The summed E-state index contributed by atoms with van der Waals surface area (Å²) in [5, 5.41) is 0. The van der Waals surface area contributed by atoms with Crippen molar-refractivity contribution in [3.8, 4) is 5.75 Å². The number of carbonyl (C=O) groups is 2. The highest BCUT2D eigenvalue weighted by Gasteiger charge is 2.31. The smallest absolute Gasteiger partial charge is 0.337 e. The van der Waals surface area contributed by atoms with Crippen molar-refractivity contribution in [2.45, 2.75) is 108 Å². The molecule has 7 nitrogen and oxygen atoms in total. The standard InChI is InChI=1S/C29H38F2N2O3.C5H12O.C2H4O.2C2H6/c1-19(2)7-12-24-21(4)20(3)15-27(35-5)25(24)16-33-14-13-32(18-28(30)31)17-26(33)22-8-10-23(11-9-22)29(34)36-6;1-5(2,3)6-4;1-2-3;2*1-2/h7-12,15,19,26,28H,13-14,16-18H2,1-6H3;1-4H3;2H,1H3;2*1-2H3/b12-7-;;;;. The van der Waals surface area contributed by atoms with Crippen molar-refractivity contribution >= 4 is 18.3 Å².